The summed E-state index contributed by atoms with van der Waals surface area (Å²) in [7, 11) is 1.79. The zero-order valence-electron chi connectivity index (χ0n) is 8.41. The van der Waals surface area contributed by atoms with Crippen LogP contribution < -0.4 is 10.4 Å². The number of nitrogens with zero attached hydrogens (tertiary/aromatic N) is 1. The summed E-state index contributed by atoms with van der Waals surface area (Å²) >= 11 is 0. The highest BCUT2D eigenvalue weighted by atomic mass is 16.5. The molecule has 0 saturated heterocycles. The summed E-state index contributed by atoms with van der Waals surface area (Å²) in [4.78, 5) is 13.7. The van der Waals surface area contributed by atoms with Crippen LogP contribution in [0.1, 0.15) is 18.4 Å². The first-order valence-corrected chi connectivity index (χ1v) is 5.00. The number of anilines is 2. The van der Waals surface area contributed by atoms with Crippen molar-refractivity contribution >= 4 is 17.3 Å². The number of hydrogen-bond donors (Lipinski definition) is 1. The molecule has 1 heterocycles. The van der Waals surface area contributed by atoms with Crippen molar-refractivity contribution < 1.29 is 4.79 Å². The summed E-state index contributed by atoms with van der Waals surface area (Å²) < 4.78 is 0. The van der Waals surface area contributed by atoms with Gasteiger partial charge in [-0.25, -0.2) is 0 Å². The molecular formula is C11H11N2O2-. The minimum atomic E-state index is -0.295. The second kappa shape index (κ2) is 2.52. The highest BCUT2D eigenvalue weighted by Crippen LogP contribution is 2.57. The van der Waals surface area contributed by atoms with E-state index < -0.39 is 0 Å². The lowest BCUT2D eigenvalue weighted by Crippen LogP contribution is -2.27. The molecule has 0 atom stereocenters. The lowest BCUT2D eigenvalue weighted by Gasteiger charge is -2.13. The Morgan fingerprint density at radius 1 is 1.47 bits per heavy atom. The Morgan fingerprint density at radius 2 is 2.20 bits per heavy atom. The Morgan fingerprint density at radius 3 is 2.80 bits per heavy atom. The Bertz CT molecular complexity index is 452. The van der Waals surface area contributed by atoms with Gasteiger partial charge in [0.25, 0.3) is 0 Å². The topological polar surface area (TPSA) is 55.4 Å². The maximum Gasteiger partial charge on any atom is 0.237 e. The molecule has 0 aromatic heterocycles. The second-order valence-electron chi connectivity index (χ2n) is 4.28. The molecule has 1 fully saturated rings. The van der Waals surface area contributed by atoms with Crippen molar-refractivity contribution in [1.82, 2.24) is 0 Å². The van der Waals surface area contributed by atoms with E-state index in [0.29, 0.717) is 5.69 Å². The largest absolute Gasteiger partial charge is 0.761 e. The molecule has 1 spiro atoms. The predicted molar refractivity (Wildman–Crippen MR) is 57.8 cm³/mol. The van der Waals surface area contributed by atoms with Crippen LogP contribution in [-0.2, 0) is 10.2 Å². The van der Waals surface area contributed by atoms with Gasteiger partial charge in [-0.1, -0.05) is 0 Å². The van der Waals surface area contributed by atoms with Gasteiger partial charge in [0, 0.05) is 18.4 Å². The monoisotopic (exact) mass is 203 g/mol. The van der Waals surface area contributed by atoms with Crippen molar-refractivity contribution in [2.24, 2.45) is 0 Å². The van der Waals surface area contributed by atoms with Crippen molar-refractivity contribution in [1.29, 1.82) is 0 Å². The van der Waals surface area contributed by atoms with E-state index in [-0.39, 0.29) is 11.3 Å². The minimum absolute atomic E-state index is 0.167. The van der Waals surface area contributed by atoms with E-state index in [2.05, 4.69) is 0 Å². The lowest BCUT2D eigenvalue weighted by molar-refractivity contribution is -0.119. The van der Waals surface area contributed by atoms with Crippen LogP contribution in [0.3, 0.4) is 0 Å². The first kappa shape index (κ1) is 8.73. The van der Waals surface area contributed by atoms with Crippen molar-refractivity contribution in [3.05, 3.63) is 29.0 Å². The van der Waals surface area contributed by atoms with Gasteiger partial charge in [0.15, 0.2) is 0 Å². The molecule has 0 unspecified atom stereocenters. The first-order chi connectivity index (χ1) is 7.19. The summed E-state index contributed by atoms with van der Waals surface area (Å²) in [6, 6.07) is 5.34. The molecule has 0 bridgehead atoms. The summed E-state index contributed by atoms with van der Waals surface area (Å²) in [6.07, 6.45) is 1.82. The van der Waals surface area contributed by atoms with E-state index in [0.717, 1.165) is 24.1 Å². The fourth-order valence-corrected chi connectivity index (χ4v) is 2.43. The Balaban J connectivity index is 2.20. The molecule has 78 valence electrons. The first-order valence-electron chi connectivity index (χ1n) is 5.00. The fourth-order valence-electron chi connectivity index (χ4n) is 2.43. The van der Waals surface area contributed by atoms with Gasteiger partial charge in [0.2, 0.25) is 5.91 Å². The van der Waals surface area contributed by atoms with Gasteiger partial charge in [-0.2, -0.15) is 0 Å². The average molecular weight is 203 g/mol. The zero-order valence-corrected chi connectivity index (χ0v) is 8.41. The third kappa shape index (κ3) is 0.920. The number of rotatable bonds is 1. The van der Waals surface area contributed by atoms with Crippen LogP contribution in [-0.4, -0.2) is 13.0 Å². The van der Waals surface area contributed by atoms with Crippen LogP contribution in [0.5, 0.6) is 0 Å². The molecule has 4 heteroatoms. The summed E-state index contributed by atoms with van der Waals surface area (Å²) in [5, 5.41) is 10.6. The number of nitrogens with one attached hydrogen (secondary N) is 1. The molecule has 2 aliphatic rings. The quantitative estimate of drug-likeness (QED) is 0.705. The van der Waals surface area contributed by atoms with Gasteiger partial charge < -0.3 is 15.6 Å². The minimum Gasteiger partial charge on any atom is -0.761 e. The summed E-state index contributed by atoms with van der Waals surface area (Å²) in [6.45, 7) is 0. The summed E-state index contributed by atoms with van der Waals surface area (Å²) in [5.74, 6) is 0.167. The van der Waals surface area contributed by atoms with E-state index in [1.165, 1.54) is 0 Å². The number of carbonyl (C=O) groups is 1. The molecule has 15 heavy (non-hydrogen) atoms. The van der Waals surface area contributed by atoms with E-state index >= 15 is 0 Å². The molecule has 1 aromatic rings. The highest BCUT2D eigenvalue weighted by molar-refractivity contribution is 6.10. The van der Waals surface area contributed by atoms with Gasteiger partial charge in [-0.05, 0) is 36.6 Å². The van der Waals surface area contributed by atoms with Crippen LogP contribution in [0.15, 0.2) is 18.2 Å². The Kier molecular flexibility index (Phi) is 1.47. The van der Waals surface area contributed by atoms with Crippen molar-refractivity contribution in [3.63, 3.8) is 0 Å². The SMILES string of the molecule is CN1C(=O)C2(CC2)c2cc(N[O-])ccc21. The van der Waals surface area contributed by atoms with E-state index in [1.54, 1.807) is 24.1 Å². The van der Waals surface area contributed by atoms with Crippen molar-refractivity contribution in [2.75, 3.05) is 17.4 Å². The van der Waals surface area contributed by atoms with Crippen molar-refractivity contribution in [3.8, 4) is 0 Å². The van der Waals surface area contributed by atoms with Gasteiger partial charge >= 0.3 is 0 Å². The normalized spacial score (nSPS) is 20.7. The lowest BCUT2D eigenvalue weighted by atomic mass is 9.97. The molecule has 1 aliphatic carbocycles. The second-order valence-corrected chi connectivity index (χ2v) is 4.28. The molecule has 1 aromatic carbocycles. The predicted octanol–water partition coefficient (Wildman–Crippen LogP) is 1.60. The number of amides is 1. The number of benzene rings is 1. The van der Waals surface area contributed by atoms with Crippen molar-refractivity contribution in [2.45, 2.75) is 18.3 Å². The molecule has 1 saturated carbocycles. The molecular weight excluding hydrogens is 192 g/mol. The van der Waals surface area contributed by atoms with E-state index in [9.17, 15) is 10.0 Å². The molecule has 0 radical (unpaired) electrons. The van der Waals surface area contributed by atoms with E-state index in [1.807, 2.05) is 11.5 Å². The average Bonchev–Trinajstić information content (AvgIpc) is 3.04. The van der Waals surface area contributed by atoms with Gasteiger partial charge in [-0.15, -0.1) is 0 Å². The Hall–Kier alpha value is -1.55. The third-order valence-corrected chi connectivity index (χ3v) is 3.46. The van der Waals surface area contributed by atoms with Crippen LogP contribution in [0.25, 0.3) is 0 Å². The smallest absolute Gasteiger partial charge is 0.237 e. The Labute approximate surface area is 87.5 Å². The standard InChI is InChI=1S/C11H11N2O2/c1-13-9-3-2-7(12-15)6-8(9)11(4-5-11)10(13)14/h2-3,6,12H,4-5H2,1H3/q-1. The molecule has 3 rings (SSSR count). The van der Waals surface area contributed by atoms with Crippen LogP contribution in [0.2, 0.25) is 0 Å². The summed E-state index contributed by atoms with van der Waals surface area (Å²) in [5.41, 5.74) is 4.06. The molecule has 1 amide bonds. The third-order valence-electron chi connectivity index (χ3n) is 3.46. The maximum atomic E-state index is 12.0. The number of hydrogen-bond acceptors (Lipinski definition) is 3. The van der Waals surface area contributed by atoms with Crippen LogP contribution >= 0.6 is 0 Å². The number of carbonyl (C=O) groups excluding carboxylic acids is 1. The zero-order chi connectivity index (χ0) is 10.6. The number of fused-ring (bicyclic) bond motifs is 2. The molecule has 1 aliphatic heterocycles. The van der Waals surface area contributed by atoms with Crippen LogP contribution in [0.4, 0.5) is 11.4 Å². The maximum absolute atomic E-state index is 12.0. The molecule has 4 nitrogen and oxygen atoms in total. The van der Waals surface area contributed by atoms with Gasteiger partial charge in [0.05, 0.1) is 5.41 Å². The molecule has 1 N–H and O–H groups in total. The number of likely N-dealkylation sites (N-methyl/N-ethyl adjacent to an activating group) is 1. The highest BCUT2D eigenvalue weighted by Gasteiger charge is 2.58. The van der Waals surface area contributed by atoms with Gasteiger partial charge in [-0.3, -0.25) is 4.79 Å². The van der Waals surface area contributed by atoms with E-state index in [4.69, 9.17) is 0 Å². The van der Waals surface area contributed by atoms with Crippen LogP contribution in [0, 0.1) is 5.21 Å². The van der Waals surface area contributed by atoms with Gasteiger partial charge in [0.1, 0.15) is 0 Å². The fraction of sp³-hybridized carbons (Fsp3) is 0.364.